The molecule has 8 heteroatoms. The Balaban J connectivity index is 1.84. The van der Waals surface area contributed by atoms with E-state index in [0.717, 1.165) is 24.5 Å². The van der Waals surface area contributed by atoms with Gasteiger partial charge in [-0.2, -0.15) is 0 Å². The number of likely N-dealkylation sites (N-methyl/N-ethyl adjacent to an activating group) is 1. The number of hydrogen-bond acceptors (Lipinski definition) is 5. The highest BCUT2D eigenvalue weighted by atomic mass is 32.1. The predicted molar refractivity (Wildman–Crippen MR) is 105 cm³/mol. The van der Waals surface area contributed by atoms with Gasteiger partial charge in [-0.25, -0.2) is 14.1 Å². The van der Waals surface area contributed by atoms with E-state index in [-0.39, 0.29) is 17.5 Å². The van der Waals surface area contributed by atoms with Gasteiger partial charge in [0.15, 0.2) is 5.82 Å². The van der Waals surface area contributed by atoms with Crippen molar-refractivity contribution in [3.63, 3.8) is 0 Å². The largest absolute Gasteiger partial charge is 0.348 e. The Morgan fingerprint density at radius 2 is 2.07 bits per heavy atom. The number of nitrogens with zero attached hydrogens (tertiary/aromatic N) is 4. The summed E-state index contributed by atoms with van der Waals surface area (Å²) in [6.07, 6.45) is 0. The van der Waals surface area contributed by atoms with Gasteiger partial charge >= 0.3 is 0 Å². The van der Waals surface area contributed by atoms with Gasteiger partial charge in [0.25, 0.3) is 5.91 Å². The van der Waals surface area contributed by atoms with E-state index in [4.69, 9.17) is 0 Å². The minimum atomic E-state index is -0.370. The zero-order chi connectivity index (χ0) is 19.2. The molecule has 142 valence electrons. The smallest absolute Gasteiger partial charge is 0.291 e. The number of amides is 1. The minimum Gasteiger partial charge on any atom is -0.348 e. The topological polar surface area (TPSA) is 63.1 Å². The molecule has 0 aliphatic rings. The molecule has 0 spiro atoms. The fraction of sp³-hybridized carbons (Fsp3) is 0.316. The van der Waals surface area contributed by atoms with Crippen LogP contribution in [-0.2, 0) is 0 Å². The SMILES string of the molecule is CCN(CC)CCNC(=O)c1nc(-c2cccs2)n(-c2cccc(F)c2)n1. The Morgan fingerprint density at radius 1 is 1.26 bits per heavy atom. The van der Waals surface area contributed by atoms with E-state index in [1.165, 1.54) is 28.2 Å². The van der Waals surface area contributed by atoms with Crippen LogP contribution in [0.25, 0.3) is 16.4 Å². The van der Waals surface area contributed by atoms with Gasteiger partial charge in [-0.3, -0.25) is 4.79 Å². The van der Waals surface area contributed by atoms with Crippen LogP contribution in [0.15, 0.2) is 41.8 Å². The first-order valence-corrected chi connectivity index (χ1v) is 9.77. The molecule has 27 heavy (non-hydrogen) atoms. The molecule has 0 saturated carbocycles. The molecule has 0 aliphatic carbocycles. The summed E-state index contributed by atoms with van der Waals surface area (Å²) in [5.74, 6) is -0.118. The summed E-state index contributed by atoms with van der Waals surface area (Å²) >= 11 is 1.49. The average molecular weight is 387 g/mol. The van der Waals surface area contributed by atoms with Crippen LogP contribution in [-0.4, -0.2) is 51.8 Å². The molecule has 2 heterocycles. The Hall–Kier alpha value is -2.58. The third kappa shape index (κ3) is 4.58. The van der Waals surface area contributed by atoms with Gasteiger partial charge in [0.2, 0.25) is 5.82 Å². The van der Waals surface area contributed by atoms with Crippen LogP contribution >= 0.6 is 11.3 Å². The zero-order valence-electron chi connectivity index (χ0n) is 15.4. The van der Waals surface area contributed by atoms with Crippen molar-refractivity contribution in [2.24, 2.45) is 0 Å². The maximum Gasteiger partial charge on any atom is 0.291 e. The number of hydrogen-bond donors (Lipinski definition) is 1. The Bertz CT molecular complexity index is 889. The van der Waals surface area contributed by atoms with Gasteiger partial charge < -0.3 is 10.2 Å². The maximum absolute atomic E-state index is 13.7. The lowest BCUT2D eigenvalue weighted by Crippen LogP contribution is -2.35. The lowest BCUT2D eigenvalue weighted by molar-refractivity contribution is 0.0938. The first-order valence-electron chi connectivity index (χ1n) is 8.89. The number of aromatic nitrogens is 3. The highest BCUT2D eigenvalue weighted by molar-refractivity contribution is 7.13. The monoisotopic (exact) mass is 387 g/mol. The fourth-order valence-corrected chi connectivity index (χ4v) is 3.41. The second kappa shape index (κ2) is 8.88. The molecular weight excluding hydrogens is 365 g/mol. The van der Waals surface area contributed by atoms with Crippen LogP contribution in [0.2, 0.25) is 0 Å². The summed E-state index contributed by atoms with van der Waals surface area (Å²) in [5, 5.41) is 9.11. The highest BCUT2D eigenvalue weighted by Crippen LogP contribution is 2.25. The normalized spacial score (nSPS) is 11.1. The van der Waals surface area contributed by atoms with Gasteiger partial charge in [0.05, 0.1) is 10.6 Å². The number of halogens is 1. The van der Waals surface area contributed by atoms with Crippen molar-refractivity contribution in [3.05, 3.63) is 53.4 Å². The van der Waals surface area contributed by atoms with Crippen molar-refractivity contribution in [1.29, 1.82) is 0 Å². The van der Waals surface area contributed by atoms with Crippen LogP contribution in [0.3, 0.4) is 0 Å². The molecule has 0 bridgehead atoms. The molecule has 1 N–H and O–H groups in total. The van der Waals surface area contributed by atoms with Crippen LogP contribution in [0.1, 0.15) is 24.5 Å². The van der Waals surface area contributed by atoms with Crippen molar-refractivity contribution in [2.75, 3.05) is 26.2 Å². The van der Waals surface area contributed by atoms with E-state index < -0.39 is 0 Å². The van der Waals surface area contributed by atoms with E-state index in [2.05, 4.69) is 34.1 Å². The minimum absolute atomic E-state index is 0.0715. The summed E-state index contributed by atoms with van der Waals surface area (Å²) in [5.41, 5.74) is 0.521. The molecule has 0 saturated heterocycles. The van der Waals surface area contributed by atoms with Crippen LogP contribution < -0.4 is 5.32 Å². The summed E-state index contributed by atoms with van der Waals surface area (Å²) in [6.45, 7) is 7.31. The van der Waals surface area contributed by atoms with E-state index in [9.17, 15) is 9.18 Å². The highest BCUT2D eigenvalue weighted by Gasteiger charge is 2.19. The Morgan fingerprint density at radius 3 is 2.74 bits per heavy atom. The summed E-state index contributed by atoms with van der Waals surface area (Å²) < 4.78 is 15.2. The van der Waals surface area contributed by atoms with E-state index in [1.807, 2.05) is 17.5 Å². The second-order valence-corrected chi connectivity index (χ2v) is 6.86. The van der Waals surface area contributed by atoms with E-state index in [0.29, 0.717) is 18.1 Å². The number of carbonyl (C=O) groups is 1. The average Bonchev–Trinajstić information content (AvgIpc) is 3.34. The summed E-state index contributed by atoms with van der Waals surface area (Å²) in [6, 6.07) is 9.87. The Labute approximate surface area is 161 Å². The van der Waals surface area contributed by atoms with Gasteiger partial charge in [-0.1, -0.05) is 26.0 Å². The Kier molecular flexibility index (Phi) is 6.31. The van der Waals surface area contributed by atoms with Gasteiger partial charge in [-0.05, 0) is 42.7 Å². The molecule has 0 radical (unpaired) electrons. The van der Waals surface area contributed by atoms with Crippen molar-refractivity contribution in [2.45, 2.75) is 13.8 Å². The van der Waals surface area contributed by atoms with Crippen LogP contribution in [0.4, 0.5) is 4.39 Å². The van der Waals surface area contributed by atoms with Crippen LogP contribution in [0.5, 0.6) is 0 Å². The molecule has 3 aromatic rings. The van der Waals surface area contributed by atoms with Crippen molar-refractivity contribution in [1.82, 2.24) is 25.0 Å². The maximum atomic E-state index is 13.7. The molecule has 6 nitrogen and oxygen atoms in total. The zero-order valence-corrected chi connectivity index (χ0v) is 16.2. The third-order valence-electron chi connectivity index (χ3n) is 4.21. The standard InChI is InChI=1S/C19H22FN5OS/c1-3-24(4-2)11-10-21-19(26)17-22-18(16-9-6-12-27-16)25(23-17)15-8-5-7-14(20)13-15/h5-9,12-13H,3-4,10-11H2,1-2H3,(H,21,26). The number of carbonyl (C=O) groups excluding carboxylic acids is 1. The number of rotatable bonds is 8. The van der Waals surface area contributed by atoms with Gasteiger partial charge in [-0.15, -0.1) is 16.4 Å². The molecule has 0 unspecified atom stereocenters. The van der Waals surface area contributed by atoms with Gasteiger partial charge in [0, 0.05) is 13.1 Å². The number of nitrogens with one attached hydrogen (secondary N) is 1. The van der Waals surface area contributed by atoms with Crippen molar-refractivity contribution < 1.29 is 9.18 Å². The molecule has 1 amide bonds. The van der Waals surface area contributed by atoms with Crippen molar-refractivity contribution in [3.8, 4) is 16.4 Å². The first kappa shape index (κ1) is 19.2. The van der Waals surface area contributed by atoms with E-state index in [1.54, 1.807) is 12.1 Å². The molecule has 0 aliphatic heterocycles. The molecule has 2 aromatic heterocycles. The molecule has 3 rings (SSSR count). The lowest BCUT2D eigenvalue weighted by Gasteiger charge is -2.17. The van der Waals surface area contributed by atoms with E-state index >= 15 is 0 Å². The van der Waals surface area contributed by atoms with Crippen molar-refractivity contribution >= 4 is 17.2 Å². The third-order valence-corrected chi connectivity index (χ3v) is 5.08. The number of benzene rings is 1. The van der Waals surface area contributed by atoms with Gasteiger partial charge in [0.1, 0.15) is 5.82 Å². The molecule has 0 atom stereocenters. The second-order valence-electron chi connectivity index (χ2n) is 5.91. The quantitative estimate of drug-likeness (QED) is 0.645. The fourth-order valence-electron chi connectivity index (χ4n) is 2.71. The molecule has 1 aromatic carbocycles. The summed E-state index contributed by atoms with van der Waals surface area (Å²) in [4.78, 5) is 20.0. The summed E-state index contributed by atoms with van der Waals surface area (Å²) in [7, 11) is 0. The molecular formula is C19H22FN5OS. The first-order chi connectivity index (χ1) is 13.1. The lowest BCUT2D eigenvalue weighted by atomic mass is 10.3. The predicted octanol–water partition coefficient (Wildman–Crippen LogP) is 3.21. The molecule has 0 fully saturated rings. The van der Waals surface area contributed by atoms with Crippen LogP contribution in [0, 0.1) is 5.82 Å². The number of thiophene rings is 1.